The Morgan fingerprint density at radius 1 is 1.10 bits per heavy atom. The molecule has 0 radical (unpaired) electrons. The van der Waals surface area contributed by atoms with Crippen molar-refractivity contribution < 1.29 is 31.9 Å². The molecule has 2 amide bonds. The molecule has 0 fully saturated rings. The molecule has 1 aromatic carbocycles. The molecule has 1 aliphatic rings. The van der Waals surface area contributed by atoms with E-state index in [0.717, 1.165) is 18.2 Å². The number of Topliss-reactive ketones (excluding diaryl/α,β-unsaturated/α-hetero) is 1. The van der Waals surface area contributed by atoms with Crippen LogP contribution < -0.4 is 10.6 Å². The molecule has 0 aliphatic carbocycles. The highest BCUT2D eigenvalue weighted by atomic mass is 19.3. The Hall–Kier alpha value is -2.45. The first-order chi connectivity index (χ1) is 9.71. The van der Waals surface area contributed by atoms with Gasteiger partial charge >= 0.3 is 12.3 Å². The number of anilines is 2. The predicted molar refractivity (Wildman–Crippen MR) is 63.6 cm³/mol. The van der Waals surface area contributed by atoms with Crippen molar-refractivity contribution in [1.29, 1.82) is 0 Å². The molecule has 9 heteroatoms. The Bertz CT molecular complexity index is 631. The van der Waals surface area contributed by atoms with Crippen molar-refractivity contribution in [1.82, 2.24) is 0 Å². The number of hydrogen-bond donors (Lipinski definition) is 2. The summed E-state index contributed by atoms with van der Waals surface area (Å²) in [5.41, 5.74) is -0.722. The highest BCUT2D eigenvalue weighted by Gasteiger charge is 2.49. The Morgan fingerprint density at radius 2 is 1.67 bits per heavy atom. The van der Waals surface area contributed by atoms with Crippen LogP contribution in [0.4, 0.5) is 28.9 Å². The highest BCUT2D eigenvalue weighted by Crippen LogP contribution is 2.31. The molecule has 1 aromatic rings. The van der Waals surface area contributed by atoms with Crippen molar-refractivity contribution in [3.63, 3.8) is 0 Å². The summed E-state index contributed by atoms with van der Waals surface area (Å²) in [6.07, 6.45) is -4.62. The lowest BCUT2D eigenvalue weighted by Gasteiger charge is -2.15. The van der Waals surface area contributed by atoms with Crippen LogP contribution in [-0.4, -0.2) is 29.9 Å². The fourth-order valence-corrected chi connectivity index (χ4v) is 1.72. The number of benzene rings is 1. The SMILES string of the molecule is O=C1CC(=O)Nc2cc(C(=O)C(F)(F)C(F)F)ccc2N1. The van der Waals surface area contributed by atoms with E-state index in [9.17, 15) is 31.9 Å². The quantitative estimate of drug-likeness (QED) is 0.510. The maximum absolute atomic E-state index is 13.0. The van der Waals surface area contributed by atoms with Gasteiger partial charge in [0.1, 0.15) is 6.42 Å². The van der Waals surface area contributed by atoms with Gasteiger partial charge in [-0.3, -0.25) is 14.4 Å². The van der Waals surface area contributed by atoms with E-state index in [1.54, 1.807) is 0 Å². The topological polar surface area (TPSA) is 75.3 Å². The van der Waals surface area contributed by atoms with E-state index in [-0.39, 0.29) is 11.4 Å². The maximum Gasteiger partial charge on any atom is 0.368 e. The lowest BCUT2D eigenvalue weighted by atomic mass is 10.0. The minimum atomic E-state index is -4.83. The molecule has 0 saturated heterocycles. The van der Waals surface area contributed by atoms with Gasteiger partial charge in [-0.25, -0.2) is 8.78 Å². The highest BCUT2D eigenvalue weighted by molar-refractivity contribution is 6.14. The van der Waals surface area contributed by atoms with Gasteiger partial charge in [0.2, 0.25) is 17.6 Å². The smallest absolute Gasteiger partial charge is 0.324 e. The Morgan fingerprint density at radius 3 is 2.24 bits per heavy atom. The fraction of sp³-hybridized carbons (Fsp3) is 0.250. The van der Waals surface area contributed by atoms with Crippen LogP contribution in [0, 0.1) is 0 Å². The van der Waals surface area contributed by atoms with Crippen LogP contribution in [0.5, 0.6) is 0 Å². The van der Waals surface area contributed by atoms with E-state index in [0.29, 0.717) is 0 Å². The van der Waals surface area contributed by atoms with Gasteiger partial charge in [0.05, 0.1) is 11.4 Å². The third-order valence-corrected chi connectivity index (χ3v) is 2.73. The summed E-state index contributed by atoms with van der Waals surface area (Å²) in [5.74, 6) is -8.23. The summed E-state index contributed by atoms with van der Waals surface area (Å²) in [6, 6.07) is 2.76. The van der Waals surface area contributed by atoms with E-state index in [4.69, 9.17) is 0 Å². The molecule has 5 nitrogen and oxygen atoms in total. The number of carbonyl (C=O) groups is 3. The zero-order chi connectivity index (χ0) is 15.8. The minimum Gasteiger partial charge on any atom is -0.324 e. The molecule has 2 N–H and O–H groups in total. The average molecular weight is 304 g/mol. The zero-order valence-corrected chi connectivity index (χ0v) is 10.3. The second-order valence-corrected chi connectivity index (χ2v) is 4.29. The van der Waals surface area contributed by atoms with Gasteiger partial charge in [-0.15, -0.1) is 0 Å². The van der Waals surface area contributed by atoms with Gasteiger partial charge in [-0.1, -0.05) is 0 Å². The third-order valence-electron chi connectivity index (χ3n) is 2.73. The number of nitrogens with one attached hydrogen (secondary N) is 2. The number of fused-ring (bicyclic) bond motifs is 1. The molecule has 1 heterocycles. The number of halogens is 4. The lowest BCUT2D eigenvalue weighted by Crippen LogP contribution is -2.36. The number of ketones is 1. The molecule has 2 rings (SSSR count). The van der Waals surface area contributed by atoms with Crippen molar-refractivity contribution >= 4 is 29.0 Å². The van der Waals surface area contributed by atoms with Crippen molar-refractivity contribution in [2.75, 3.05) is 10.6 Å². The van der Waals surface area contributed by atoms with Gasteiger partial charge in [-0.2, -0.15) is 8.78 Å². The number of carbonyl (C=O) groups excluding carboxylic acids is 3. The summed E-state index contributed by atoms with van der Waals surface area (Å²) < 4.78 is 50.4. The van der Waals surface area contributed by atoms with Gasteiger partial charge < -0.3 is 10.6 Å². The van der Waals surface area contributed by atoms with Crippen LogP contribution in [-0.2, 0) is 9.59 Å². The van der Waals surface area contributed by atoms with Gasteiger partial charge in [-0.05, 0) is 18.2 Å². The van der Waals surface area contributed by atoms with Gasteiger partial charge in [0.15, 0.2) is 0 Å². The fourth-order valence-electron chi connectivity index (χ4n) is 1.72. The molecule has 0 unspecified atom stereocenters. The molecule has 0 bridgehead atoms. The first kappa shape index (κ1) is 14.9. The normalized spacial score (nSPS) is 15.1. The van der Waals surface area contributed by atoms with Gasteiger partial charge in [0, 0.05) is 5.56 Å². The summed E-state index contributed by atoms with van der Waals surface area (Å²) in [5, 5.41) is 4.53. The number of alkyl halides is 4. The zero-order valence-electron chi connectivity index (χ0n) is 10.3. The first-order valence-electron chi connectivity index (χ1n) is 5.66. The molecule has 112 valence electrons. The molecule has 21 heavy (non-hydrogen) atoms. The summed E-state index contributed by atoms with van der Waals surface area (Å²) in [4.78, 5) is 34.0. The second kappa shape index (κ2) is 5.15. The van der Waals surface area contributed by atoms with Crippen LogP contribution in [0.1, 0.15) is 16.8 Å². The molecule has 0 spiro atoms. The second-order valence-electron chi connectivity index (χ2n) is 4.29. The van der Waals surface area contributed by atoms with Crippen LogP contribution in [0.3, 0.4) is 0 Å². The van der Waals surface area contributed by atoms with Gasteiger partial charge in [0.25, 0.3) is 0 Å². The largest absolute Gasteiger partial charge is 0.368 e. The number of rotatable bonds is 3. The third kappa shape index (κ3) is 2.86. The lowest BCUT2D eigenvalue weighted by molar-refractivity contribution is -0.123. The molecular formula is C12H8F4N2O3. The van der Waals surface area contributed by atoms with E-state index >= 15 is 0 Å². The molecule has 0 aromatic heterocycles. The van der Waals surface area contributed by atoms with E-state index in [1.807, 2.05) is 0 Å². The monoisotopic (exact) mass is 304 g/mol. The number of hydrogen-bond acceptors (Lipinski definition) is 3. The molecule has 0 atom stereocenters. The van der Waals surface area contributed by atoms with Crippen LogP contribution in [0.25, 0.3) is 0 Å². The van der Waals surface area contributed by atoms with Crippen molar-refractivity contribution in [3.05, 3.63) is 23.8 Å². The van der Waals surface area contributed by atoms with Crippen LogP contribution in [0.15, 0.2) is 18.2 Å². The summed E-state index contributed by atoms with van der Waals surface area (Å²) >= 11 is 0. The molecule has 0 saturated carbocycles. The Balaban J connectivity index is 2.40. The Kier molecular flexibility index (Phi) is 3.67. The summed E-state index contributed by atoms with van der Waals surface area (Å²) in [7, 11) is 0. The summed E-state index contributed by atoms with van der Waals surface area (Å²) in [6.45, 7) is 0. The van der Waals surface area contributed by atoms with Crippen molar-refractivity contribution in [2.45, 2.75) is 18.8 Å². The van der Waals surface area contributed by atoms with Crippen molar-refractivity contribution in [3.8, 4) is 0 Å². The van der Waals surface area contributed by atoms with E-state index in [1.165, 1.54) is 0 Å². The maximum atomic E-state index is 13.0. The Labute approximate surface area is 115 Å². The van der Waals surface area contributed by atoms with E-state index in [2.05, 4.69) is 10.6 Å². The van der Waals surface area contributed by atoms with Crippen LogP contribution >= 0.6 is 0 Å². The number of amides is 2. The first-order valence-corrected chi connectivity index (χ1v) is 5.66. The minimum absolute atomic E-state index is 0.0859. The standard InChI is InChI=1S/C12H8F4N2O3/c13-11(14)12(15,16)10(21)5-1-2-6-7(3-5)18-9(20)4-8(19)17-6/h1-3,11H,4H2,(H,17,19)(H,18,20). The van der Waals surface area contributed by atoms with Crippen LogP contribution in [0.2, 0.25) is 0 Å². The average Bonchev–Trinajstić information content (AvgIpc) is 2.52. The molecular weight excluding hydrogens is 296 g/mol. The predicted octanol–water partition coefficient (Wildman–Crippen LogP) is 2.05. The van der Waals surface area contributed by atoms with E-state index < -0.39 is 41.9 Å². The van der Waals surface area contributed by atoms with Crippen molar-refractivity contribution in [2.24, 2.45) is 0 Å². The molecule has 1 aliphatic heterocycles.